The molecule has 226 valence electrons. The maximum atomic E-state index is 13.5. The Balaban J connectivity index is 3.09. The lowest BCUT2D eigenvalue weighted by molar-refractivity contribution is -0.205. The number of terminal acetylenes is 3. The van der Waals surface area contributed by atoms with Crippen LogP contribution in [0.5, 0.6) is 0 Å². The molecule has 0 aromatic carbocycles. The van der Waals surface area contributed by atoms with Crippen molar-refractivity contribution in [2.24, 2.45) is 5.92 Å². The summed E-state index contributed by atoms with van der Waals surface area (Å²) in [4.78, 5) is 62.9. The van der Waals surface area contributed by atoms with Crippen molar-refractivity contribution in [2.75, 3.05) is 19.6 Å². The maximum Gasteiger partial charge on any atom is 0.223 e. The van der Waals surface area contributed by atoms with E-state index in [1.165, 1.54) is 0 Å². The van der Waals surface area contributed by atoms with Crippen LogP contribution in [0.15, 0.2) is 0 Å². The van der Waals surface area contributed by atoms with Gasteiger partial charge in [-0.3, -0.25) is 19.2 Å². The highest BCUT2D eigenvalue weighted by Crippen LogP contribution is 2.46. The molecule has 1 saturated carbocycles. The lowest BCUT2D eigenvalue weighted by Gasteiger charge is -2.38. The highest BCUT2D eigenvalue weighted by molar-refractivity contribution is 7.52. The van der Waals surface area contributed by atoms with Crippen LogP contribution in [0.2, 0.25) is 0 Å². The topological polar surface area (TPSA) is 166 Å². The van der Waals surface area contributed by atoms with E-state index in [1.54, 1.807) is 13.8 Å². The SMILES string of the molecule is C#CCNC(=O)CCC(CCC(=O)NCC#C)(CCC(=O)NCC#C)NC(=O)C1CCC(OP(=O)([O-])C(C)C)CC1. The average Bonchev–Trinajstić information content (AvgIpc) is 2.94. The zero-order valence-corrected chi connectivity index (χ0v) is 24.9. The Bertz CT molecular complexity index is 995. The molecule has 41 heavy (non-hydrogen) atoms. The van der Waals surface area contributed by atoms with Crippen LogP contribution in [0.25, 0.3) is 0 Å². The van der Waals surface area contributed by atoms with Crippen LogP contribution in [-0.4, -0.2) is 60.6 Å². The first-order chi connectivity index (χ1) is 19.4. The van der Waals surface area contributed by atoms with E-state index in [0.717, 1.165) is 0 Å². The summed E-state index contributed by atoms with van der Waals surface area (Å²) in [7, 11) is -3.99. The van der Waals surface area contributed by atoms with Crippen molar-refractivity contribution in [2.45, 2.75) is 95.4 Å². The molecule has 1 aliphatic rings. The molecule has 4 N–H and O–H groups in total. The van der Waals surface area contributed by atoms with Crippen molar-refractivity contribution in [3.05, 3.63) is 0 Å². The Hall–Kier alpha value is -3.29. The summed E-state index contributed by atoms with van der Waals surface area (Å²) < 4.78 is 17.5. The number of amides is 4. The molecule has 0 heterocycles. The van der Waals surface area contributed by atoms with Crippen molar-refractivity contribution < 1.29 is 33.2 Å². The van der Waals surface area contributed by atoms with E-state index in [-0.39, 0.29) is 81.8 Å². The number of hydrogen-bond acceptors (Lipinski definition) is 7. The normalized spacial score (nSPS) is 18.1. The second kappa shape index (κ2) is 18.2. The van der Waals surface area contributed by atoms with Gasteiger partial charge in [-0.25, -0.2) is 0 Å². The van der Waals surface area contributed by atoms with Crippen molar-refractivity contribution in [1.29, 1.82) is 0 Å². The molecule has 1 atom stereocenters. The van der Waals surface area contributed by atoms with Gasteiger partial charge in [0.1, 0.15) is 7.60 Å². The summed E-state index contributed by atoms with van der Waals surface area (Å²) in [5, 5.41) is 10.8. The molecule has 1 unspecified atom stereocenters. The summed E-state index contributed by atoms with van der Waals surface area (Å²) in [6, 6.07) is 0. The standard InChI is InChI=1S/C29H43N4O7P/c1-6-19-30-25(34)13-16-29(17-14-26(35)31-20-7-2,18-15-27(36)32-21-8-3)33-28(37)23-9-11-24(12-10-23)40-41(38,39)22(4)5/h1-3,22-24H,9-21H2,4-5H3,(H,30,34)(H,31,35)(H,32,36)(H,33,37)(H,38,39)/p-1. The third-order valence-electron chi connectivity index (χ3n) is 7.02. The largest absolute Gasteiger partial charge is 0.778 e. The van der Waals surface area contributed by atoms with Gasteiger partial charge in [-0.2, -0.15) is 0 Å². The summed E-state index contributed by atoms with van der Waals surface area (Å²) >= 11 is 0. The minimum atomic E-state index is -3.99. The third kappa shape index (κ3) is 13.8. The Kier molecular flexibility index (Phi) is 15.9. The van der Waals surface area contributed by atoms with E-state index in [4.69, 9.17) is 23.8 Å². The van der Waals surface area contributed by atoms with Crippen molar-refractivity contribution in [3.8, 4) is 37.0 Å². The second-order valence-electron chi connectivity index (χ2n) is 10.4. The Morgan fingerprint density at radius 3 is 1.56 bits per heavy atom. The number of carbonyl (C=O) groups is 4. The van der Waals surface area contributed by atoms with Gasteiger partial charge >= 0.3 is 0 Å². The van der Waals surface area contributed by atoms with Crippen LogP contribution in [0, 0.1) is 42.9 Å². The monoisotopic (exact) mass is 589 g/mol. The summed E-state index contributed by atoms with van der Waals surface area (Å²) in [5.41, 5.74) is -1.72. The first-order valence-electron chi connectivity index (χ1n) is 13.8. The van der Waals surface area contributed by atoms with Crippen LogP contribution in [0.4, 0.5) is 0 Å². The fourth-order valence-corrected chi connectivity index (χ4v) is 5.33. The van der Waals surface area contributed by atoms with Gasteiger partial charge in [0.15, 0.2) is 0 Å². The highest BCUT2D eigenvalue weighted by atomic mass is 31.2. The molecule has 0 spiro atoms. The van der Waals surface area contributed by atoms with Crippen LogP contribution >= 0.6 is 7.60 Å². The van der Waals surface area contributed by atoms with E-state index in [9.17, 15) is 28.6 Å². The van der Waals surface area contributed by atoms with Gasteiger partial charge in [-0.15, -0.1) is 19.3 Å². The summed E-state index contributed by atoms with van der Waals surface area (Å²) in [6.07, 6.45) is 17.2. The smallest absolute Gasteiger partial charge is 0.223 e. The molecule has 0 aromatic heterocycles. The molecule has 1 fully saturated rings. The van der Waals surface area contributed by atoms with Crippen LogP contribution in [-0.2, 0) is 28.3 Å². The zero-order valence-electron chi connectivity index (χ0n) is 24.0. The molecule has 0 radical (unpaired) electrons. The summed E-state index contributed by atoms with van der Waals surface area (Å²) in [6.45, 7) is 3.23. The van der Waals surface area contributed by atoms with Gasteiger partial charge in [-0.05, 0) is 44.9 Å². The molecule has 0 aliphatic heterocycles. The first-order valence-corrected chi connectivity index (χ1v) is 15.4. The molecule has 4 amide bonds. The fraction of sp³-hybridized carbons (Fsp3) is 0.655. The predicted molar refractivity (Wildman–Crippen MR) is 154 cm³/mol. The maximum absolute atomic E-state index is 13.5. The summed E-state index contributed by atoms with van der Waals surface area (Å²) in [5.74, 6) is 5.25. The van der Waals surface area contributed by atoms with E-state index in [2.05, 4.69) is 39.0 Å². The van der Waals surface area contributed by atoms with Gasteiger partial charge in [0.25, 0.3) is 0 Å². The number of rotatable bonds is 17. The van der Waals surface area contributed by atoms with Crippen molar-refractivity contribution >= 4 is 31.2 Å². The number of nitrogens with one attached hydrogen (secondary N) is 4. The van der Waals surface area contributed by atoms with E-state index in [0.29, 0.717) is 25.7 Å². The first kappa shape index (κ1) is 35.7. The fourth-order valence-electron chi connectivity index (χ4n) is 4.46. The molecule has 1 aliphatic carbocycles. The minimum absolute atomic E-state index is 0.00548. The van der Waals surface area contributed by atoms with Crippen molar-refractivity contribution in [1.82, 2.24) is 21.3 Å². The van der Waals surface area contributed by atoms with Gasteiger partial charge in [0, 0.05) is 36.4 Å². The van der Waals surface area contributed by atoms with E-state index < -0.39 is 30.8 Å². The van der Waals surface area contributed by atoms with Crippen molar-refractivity contribution in [3.63, 3.8) is 0 Å². The third-order valence-corrected chi connectivity index (χ3v) is 8.87. The average molecular weight is 590 g/mol. The quantitative estimate of drug-likeness (QED) is 0.145. The highest BCUT2D eigenvalue weighted by Gasteiger charge is 2.37. The van der Waals surface area contributed by atoms with Crippen LogP contribution < -0.4 is 26.2 Å². The van der Waals surface area contributed by atoms with Gasteiger partial charge in [0.05, 0.1) is 25.7 Å². The number of carbonyl (C=O) groups excluding carboxylic acids is 4. The molecule has 11 nitrogen and oxygen atoms in total. The van der Waals surface area contributed by atoms with Crippen LogP contribution in [0.1, 0.15) is 78.1 Å². The molecular formula is C29H42N4O7P-. The lowest BCUT2D eigenvalue weighted by Crippen LogP contribution is -2.52. The Labute approximate surface area is 243 Å². The molecule has 0 saturated heterocycles. The molecule has 12 heteroatoms. The number of hydrogen-bond donors (Lipinski definition) is 4. The lowest BCUT2D eigenvalue weighted by atomic mass is 9.81. The molecule has 0 aromatic rings. The van der Waals surface area contributed by atoms with E-state index >= 15 is 0 Å². The molecule has 1 rings (SSSR count). The second-order valence-corrected chi connectivity index (χ2v) is 12.7. The molecular weight excluding hydrogens is 547 g/mol. The van der Waals surface area contributed by atoms with E-state index in [1.807, 2.05) is 0 Å². The zero-order chi connectivity index (χ0) is 30.9. The minimum Gasteiger partial charge on any atom is -0.778 e. The predicted octanol–water partition coefficient (Wildman–Crippen LogP) is 0.967. The van der Waals surface area contributed by atoms with Gasteiger partial charge in [-0.1, -0.05) is 31.6 Å². The molecule has 0 bridgehead atoms. The Morgan fingerprint density at radius 1 is 0.829 bits per heavy atom. The van der Waals surface area contributed by atoms with Gasteiger partial charge in [0.2, 0.25) is 23.6 Å². The van der Waals surface area contributed by atoms with Gasteiger partial charge < -0.3 is 35.2 Å². The Morgan fingerprint density at radius 2 is 1.22 bits per heavy atom. The van der Waals surface area contributed by atoms with Crippen LogP contribution in [0.3, 0.4) is 0 Å².